The summed E-state index contributed by atoms with van der Waals surface area (Å²) in [6, 6.07) is 12.6. The number of halogens is 2. The maximum absolute atomic E-state index is 13.3. The largest absolute Gasteiger partial charge is 0.452 e. The van der Waals surface area contributed by atoms with Crippen LogP contribution in [0, 0.1) is 0 Å². The first-order valence-corrected chi connectivity index (χ1v) is 9.35. The third-order valence-corrected chi connectivity index (χ3v) is 5.03. The number of nitrogens with zero attached hydrogens (tertiary/aromatic N) is 4. The summed E-state index contributed by atoms with van der Waals surface area (Å²) in [5, 5.41) is 0.841. The molecule has 0 fully saturated rings. The summed E-state index contributed by atoms with van der Waals surface area (Å²) in [4.78, 5) is 25.3. The van der Waals surface area contributed by atoms with Crippen LogP contribution < -0.4 is 14.5 Å². The molecule has 2 heterocycles. The molecule has 142 valence electrons. The molecular formula is C20H16Cl2N4O2. The molecule has 0 aliphatic carbocycles. The molecule has 0 radical (unpaired) electrons. The van der Waals surface area contributed by atoms with Crippen molar-refractivity contribution in [2.75, 3.05) is 29.9 Å². The van der Waals surface area contributed by atoms with Gasteiger partial charge in [-0.3, -0.25) is 4.79 Å². The predicted molar refractivity (Wildman–Crippen MR) is 110 cm³/mol. The molecule has 0 bridgehead atoms. The van der Waals surface area contributed by atoms with E-state index in [9.17, 15) is 4.79 Å². The van der Waals surface area contributed by atoms with Crippen LogP contribution in [-0.4, -0.2) is 36.0 Å². The van der Waals surface area contributed by atoms with Crippen molar-refractivity contribution in [2.24, 2.45) is 0 Å². The van der Waals surface area contributed by atoms with Gasteiger partial charge < -0.3 is 14.5 Å². The Labute approximate surface area is 172 Å². The summed E-state index contributed by atoms with van der Waals surface area (Å²) in [5.41, 5.74) is 1.97. The van der Waals surface area contributed by atoms with Crippen LogP contribution in [-0.2, 0) is 0 Å². The average Bonchev–Trinajstić information content (AvgIpc) is 2.71. The summed E-state index contributed by atoms with van der Waals surface area (Å²) < 4.78 is 5.84. The van der Waals surface area contributed by atoms with E-state index in [2.05, 4.69) is 14.9 Å². The Balaban J connectivity index is 1.70. The molecule has 3 aromatic rings. The van der Waals surface area contributed by atoms with Crippen LogP contribution in [0.1, 0.15) is 10.5 Å². The minimum atomic E-state index is -0.267. The van der Waals surface area contributed by atoms with Crippen molar-refractivity contribution < 1.29 is 9.53 Å². The van der Waals surface area contributed by atoms with Crippen molar-refractivity contribution in [3.05, 3.63) is 70.7 Å². The lowest BCUT2D eigenvalue weighted by atomic mass is 10.1. The number of fused-ring (bicyclic) bond motifs is 1. The van der Waals surface area contributed by atoms with E-state index in [4.69, 9.17) is 27.9 Å². The van der Waals surface area contributed by atoms with E-state index in [-0.39, 0.29) is 17.4 Å². The fourth-order valence-electron chi connectivity index (χ4n) is 3.07. The van der Waals surface area contributed by atoms with Gasteiger partial charge in [0.25, 0.3) is 5.91 Å². The smallest absolute Gasteiger partial charge is 0.281 e. The van der Waals surface area contributed by atoms with E-state index >= 15 is 0 Å². The second kappa shape index (κ2) is 7.66. The normalized spacial score (nSPS) is 13.2. The zero-order chi connectivity index (χ0) is 19.7. The lowest BCUT2D eigenvalue weighted by molar-refractivity contribution is 0.0979. The van der Waals surface area contributed by atoms with Gasteiger partial charge >= 0.3 is 0 Å². The molecule has 2 aromatic carbocycles. The Bertz CT molecular complexity index is 1040. The van der Waals surface area contributed by atoms with Crippen LogP contribution >= 0.6 is 23.2 Å². The lowest BCUT2D eigenvalue weighted by Crippen LogP contribution is -2.43. The zero-order valence-electron chi connectivity index (χ0n) is 15.0. The molecule has 6 nitrogen and oxygen atoms in total. The average molecular weight is 415 g/mol. The van der Waals surface area contributed by atoms with E-state index in [1.54, 1.807) is 23.1 Å². The topological polar surface area (TPSA) is 58.6 Å². The highest BCUT2D eigenvalue weighted by molar-refractivity contribution is 6.34. The standard InChI is InChI=1S/C20H16Cl2N4O2/c1-25-8-9-26(16-5-3-2-4-15(16)25)20(27)19-18(11-23-12-24-19)28-17-10-13(21)6-7-14(17)22/h2-7,10-12H,8-9H2,1H3. The highest BCUT2D eigenvalue weighted by Crippen LogP contribution is 2.35. The van der Waals surface area contributed by atoms with Gasteiger partial charge in [0.15, 0.2) is 11.4 Å². The van der Waals surface area contributed by atoms with E-state index in [0.717, 1.165) is 11.4 Å². The van der Waals surface area contributed by atoms with Gasteiger partial charge in [-0.15, -0.1) is 0 Å². The zero-order valence-corrected chi connectivity index (χ0v) is 16.5. The molecule has 4 rings (SSSR count). The molecule has 0 spiro atoms. The predicted octanol–water partition coefficient (Wildman–Crippen LogP) is 4.67. The second-order valence-corrected chi connectivity index (χ2v) is 7.12. The summed E-state index contributed by atoms with van der Waals surface area (Å²) in [5.74, 6) is 0.279. The Hall–Kier alpha value is -2.83. The highest BCUT2D eigenvalue weighted by Gasteiger charge is 2.29. The molecule has 1 aromatic heterocycles. The number of hydrogen-bond donors (Lipinski definition) is 0. The maximum Gasteiger partial charge on any atom is 0.281 e. The molecule has 1 aliphatic heterocycles. The number of benzene rings is 2. The third-order valence-electron chi connectivity index (χ3n) is 4.48. The monoisotopic (exact) mass is 414 g/mol. The van der Waals surface area contributed by atoms with Gasteiger partial charge in [-0.1, -0.05) is 35.3 Å². The Kier molecular flexibility index (Phi) is 5.07. The van der Waals surface area contributed by atoms with Gasteiger partial charge in [0.2, 0.25) is 0 Å². The Morgan fingerprint density at radius 2 is 1.86 bits per heavy atom. The van der Waals surface area contributed by atoms with E-state index < -0.39 is 0 Å². The minimum Gasteiger partial charge on any atom is -0.452 e. The van der Waals surface area contributed by atoms with Crippen molar-refractivity contribution in [3.8, 4) is 11.5 Å². The number of carbonyl (C=O) groups is 1. The summed E-state index contributed by atoms with van der Waals surface area (Å²) in [6.45, 7) is 1.25. The fraction of sp³-hybridized carbons (Fsp3) is 0.150. The highest BCUT2D eigenvalue weighted by atomic mass is 35.5. The first-order valence-electron chi connectivity index (χ1n) is 8.59. The van der Waals surface area contributed by atoms with E-state index in [0.29, 0.717) is 28.9 Å². The Morgan fingerprint density at radius 3 is 2.68 bits per heavy atom. The van der Waals surface area contributed by atoms with Gasteiger partial charge in [0.05, 0.1) is 22.6 Å². The lowest BCUT2D eigenvalue weighted by Gasteiger charge is -2.35. The quantitative estimate of drug-likeness (QED) is 0.622. The minimum absolute atomic E-state index is 0.158. The van der Waals surface area contributed by atoms with E-state index in [1.165, 1.54) is 12.5 Å². The van der Waals surface area contributed by atoms with Crippen molar-refractivity contribution in [3.63, 3.8) is 0 Å². The first-order chi connectivity index (χ1) is 13.5. The van der Waals surface area contributed by atoms with Crippen molar-refractivity contribution in [2.45, 2.75) is 0 Å². The molecule has 8 heteroatoms. The number of hydrogen-bond acceptors (Lipinski definition) is 5. The van der Waals surface area contributed by atoms with Gasteiger partial charge in [-0.2, -0.15) is 0 Å². The van der Waals surface area contributed by atoms with E-state index in [1.807, 2.05) is 31.3 Å². The number of likely N-dealkylation sites (N-methyl/N-ethyl adjacent to an activating group) is 1. The number of carbonyl (C=O) groups excluding carboxylic acids is 1. The fourth-order valence-corrected chi connectivity index (χ4v) is 3.39. The number of aromatic nitrogens is 2. The molecule has 28 heavy (non-hydrogen) atoms. The second-order valence-electron chi connectivity index (χ2n) is 6.28. The number of ether oxygens (including phenoxy) is 1. The SMILES string of the molecule is CN1CCN(C(=O)c2ncncc2Oc2cc(Cl)ccc2Cl)c2ccccc21. The van der Waals surface area contributed by atoms with Crippen molar-refractivity contribution in [1.82, 2.24) is 9.97 Å². The first kappa shape index (κ1) is 18.5. The van der Waals surface area contributed by atoms with Gasteiger partial charge in [-0.25, -0.2) is 9.97 Å². The summed E-state index contributed by atoms with van der Waals surface area (Å²) in [7, 11) is 2.00. The van der Waals surface area contributed by atoms with Crippen LogP contribution in [0.5, 0.6) is 11.5 Å². The third kappa shape index (κ3) is 3.48. The molecule has 1 aliphatic rings. The summed E-state index contributed by atoms with van der Waals surface area (Å²) in [6.07, 6.45) is 2.76. The molecule has 0 saturated heterocycles. The molecule has 0 atom stereocenters. The Morgan fingerprint density at radius 1 is 1.07 bits per heavy atom. The molecule has 0 saturated carbocycles. The number of para-hydroxylation sites is 2. The number of rotatable bonds is 3. The van der Waals surface area contributed by atoms with Gasteiger partial charge in [0, 0.05) is 31.2 Å². The van der Waals surface area contributed by atoms with Crippen LogP contribution in [0.25, 0.3) is 0 Å². The van der Waals surface area contributed by atoms with Gasteiger partial charge in [-0.05, 0) is 24.3 Å². The van der Waals surface area contributed by atoms with Crippen molar-refractivity contribution >= 4 is 40.5 Å². The van der Waals surface area contributed by atoms with Crippen LogP contribution in [0.4, 0.5) is 11.4 Å². The molecular weight excluding hydrogens is 399 g/mol. The van der Waals surface area contributed by atoms with Crippen LogP contribution in [0.15, 0.2) is 55.0 Å². The van der Waals surface area contributed by atoms with Crippen LogP contribution in [0.2, 0.25) is 10.0 Å². The maximum atomic E-state index is 13.3. The van der Waals surface area contributed by atoms with Crippen LogP contribution in [0.3, 0.4) is 0 Å². The summed E-state index contributed by atoms with van der Waals surface area (Å²) >= 11 is 12.2. The van der Waals surface area contributed by atoms with Gasteiger partial charge in [0.1, 0.15) is 12.1 Å². The molecule has 1 amide bonds. The number of amides is 1. The molecule has 0 N–H and O–H groups in total. The number of anilines is 2. The van der Waals surface area contributed by atoms with Crippen molar-refractivity contribution in [1.29, 1.82) is 0 Å². The molecule has 0 unspecified atom stereocenters.